The Labute approximate surface area is 125 Å². The second-order valence-corrected chi connectivity index (χ2v) is 4.93. The Morgan fingerprint density at radius 1 is 1.10 bits per heavy atom. The highest BCUT2D eigenvalue weighted by Gasteiger charge is 2.02. The van der Waals surface area contributed by atoms with Gasteiger partial charge in [-0.05, 0) is 51.3 Å². The molecule has 0 saturated carbocycles. The van der Waals surface area contributed by atoms with Crippen molar-refractivity contribution >= 4 is 33.8 Å². The van der Waals surface area contributed by atoms with Crippen LogP contribution in [0.25, 0.3) is 12.2 Å². The molecule has 0 heterocycles. The number of non-ortho nitro benzene ring substituents is 1. The first-order valence-corrected chi connectivity index (χ1v) is 6.65. The predicted octanol–water partition coefficient (Wildman–Crippen LogP) is 4.54. The average molecular weight is 334 g/mol. The number of ether oxygens (including phenoxy) is 1. The van der Waals surface area contributed by atoms with E-state index in [4.69, 9.17) is 4.74 Å². The van der Waals surface area contributed by atoms with Gasteiger partial charge in [0.1, 0.15) is 5.75 Å². The highest BCUT2D eigenvalue weighted by atomic mass is 79.9. The number of nitrogens with zero attached hydrogens (tertiary/aromatic N) is 1. The van der Waals surface area contributed by atoms with Crippen LogP contribution < -0.4 is 4.74 Å². The monoisotopic (exact) mass is 333 g/mol. The van der Waals surface area contributed by atoms with Gasteiger partial charge in [-0.1, -0.05) is 18.2 Å². The Bertz CT molecular complexity index is 651. The molecule has 0 aliphatic heterocycles. The Kier molecular flexibility index (Phi) is 4.53. The van der Waals surface area contributed by atoms with Gasteiger partial charge >= 0.3 is 0 Å². The van der Waals surface area contributed by atoms with Crippen molar-refractivity contribution in [2.45, 2.75) is 0 Å². The van der Waals surface area contributed by atoms with E-state index in [1.54, 1.807) is 19.2 Å². The van der Waals surface area contributed by atoms with Gasteiger partial charge in [0.15, 0.2) is 0 Å². The normalized spacial score (nSPS) is 10.7. The van der Waals surface area contributed by atoms with Crippen LogP contribution in [0.5, 0.6) is 5.75 Å². The second-order valence-electron chi connectivity index (χ2n) is 4.08. The maximum absolute atomic E-state index is 10.6. The summed E-state index contributed by atoms with van der Waals surface area (Å²) in [6, 6.07) is 12.2. The third kappa shape index (κ3) is 3.45. The van der Waals surface area contributed by atoms with E-state index >= 15 is 0 Å². The van der Waals surface area contributed by atoms with Crippen molar-refractivity contribution in [2.75, 3.05) is 7.11 Å². The summed E-state index contributed by atoms with van der Waals surface area (Å²) >= 11 is 3.43. The molecule has 0 aliphatic carbocycles. The SMILES string of the molecule is COc1ccc(/C=C/c2ccc([N+](=O)[O-])cc2)cc1Br. The van der Waals surface area contributed by atoms with Crippen molar-refractivity contribution in [3.05, 3.63) is 68.2 Å². The van der Waals surface area contributed by atoms with Gasteiger partial charge in [-0.2, -0.15) is 0 Å². The summed E-state index contributed by atoms with van der Waals surface area (Å²) in [5.41, 5.74) is 2.01. The molecule has 5 heteroatoms. The van der Waals surface area contributed by atoms with E-state index in [2.05, 4.69) is 15.9 Å². The first-order chi connectivity index (χ1) is 9.60. The molecule has 0 fully saturated rings. The lowest BCUT2D eigenvalue weighted by Gasteiger charge is -2.03. The van der Waals surface area contributed by atoms with Gasteiger partial charge in [-0.3, -0.25) is 10.1 Å². The molecule has 0 unspecified atom stereocenters. The molecule has 102 valence electrons. The van der Waals surface area contributed by atoms with Gasteiger partial charge in [0.2, 0.25) is 0 Å². The van der Waals surface area contributed by atoms with Crippen molar-refractivity contribution in [1.29, 1.82) is 0 Å². The maximum atomic E-state index is 10.6. The minimum absolute atomic E-state index is 0.0920. The lowest BCUT2D eigenvalue weighted by Crippen LogP contribution is -1.86. The van der Waals surface area contributed by atoms with E-state index in [1.165, 1.54) is 12.1 Å². The molecule has 0 saturated heterocycles. The summed E-state index contributed by atoms with van der Waals surface area (Å²) in [6.45, 7) is 0. The minimum atomic E-state index is -0.409. The van der Waals surface area contributed by atoms with Crippen LogP contribution >= 0.6 is 15.9 Å². The first-order valence-electron chi connectivity index (χ1n) is 5.86. The fraction of sp³-hybridized carbons (Fsp3) is 0.0667. The number of halogens is 1. The fourth-order valence-corrected chi connectivity index (χ4v) is 2.24. The van der Waals surface area contributed by atoms with Crippen LogP contribution in [-0.4, -0.2) is 12.0 Å². The van der Waals surface area contributed by atoms with Crippen LogP contribution in [0.4, 0.5) is 5.69 Å². The average Bonchev–Trinajstić information content (AvgIpc) is 2.45. The van der Waals surface area contributed by atoms with Crippen LogP contribution in [0, 0.1) is 10.1 Å². The highest BCUT2D eigenvalue weighted by molar-refractivity contribution is 9.10. The smallest absolute Gasteiger partial charge is 0.269 e. The lowest BCUT2D eigenvalue weighted by atomic mass is 10.1. The summed E-state index contributed by atoms with van der Waals surface area (Å²) in [7, 11) is 1.62. The quantitative estimate of drug-likeness (QED) is 0.469. The van der Waals surface area contributed by atoms with E-state index in [-0.39, 0.29) is 5.69 Å². The van der Waals surface area contributed by atoms with Crippen LogP contribution in [0.15, 0.2) is 46.9 Å². The molecular formula is C15H12BrNO3. The van der Waals surface area contributed by atoms with Gasteiger partial charge in [0.25, 0.3) is 5.69 Å². The van der Waals surface area contributed by atoms with Crippen LogP contribution in [-0.2, 0) is 0 Å². The third-order valence-corrected chi connectivity index (χ3v) is 3.37. The Balaban J connectivity index is 2.16. The first kappa shape index (κ1) is 14.3. The van der Waals surface area contributed by atoms with E-state index in [0.717, 1.165) is 21.3 Å². The zero-order valence-corrected chi connectivity index (χ0v) is 12.3. The maximum Gasteiger partial charge on any atom is 0.269 e. The van der Waals surface area contributed by atoms with Gasteiger partial charge in [0.05, 0.1) is 16.5 Å². The molecule has 0 radical (unpaired) electrons. The Morgan fingerprint density at radius 3 is 2.25 bits per heavy atom. The number of hydrogen-bond donors (Lipinski definition) is 0. The molecule has 0 aliphatic rings. The molecule has 4 nitrogen and oxygen atoms in total. The Morgan fingerprint density at radius 2 is 1.70 bits per heavy atom. The van der Waals surface area contributed by atoms with Crippen molar-refractivity contribution in [1.82, 2.24) is 0 Å². The number of rotatable bonds is 4. The van der Waals surface area contributed by atoms with E-state index in [9.17, 15) is 10.1 Å². The zero-order chi connectivity index (χ0) is 14.5. The number of hydrogen-bond acceptors (Lipinski definition) is 3. The molecule has 0 amide bonds. The molecule has 2 aromatic carbocycles. The molecule has 0 atom stereocenters. The molecular weight excluding hydrogens is 322 g/mol. The molecule has 0 N–H and O–H groups in total. The largest absolute Gasteiger partial charge is 0.496 e. The molecule has 0 bridgehead atoms. The molecule has 20 heavy (non-hydrogen) atoms. The molecule has 0 aromatic heterocycles. The van der Waals surface area contributed by atoms with Gasteiger partial charge < -0.3 is 4.74 Å². The van der Waals surface area contributed by atoms with E-state index < -0.39 is 4.92 Å². The molecule has 0 spiro atoms. The Hall–Kier alpha value is -2.14. The second kappa shape index (κ2) is 6.34. The third-order valence-electron chi connectivity index (χ3n) is 2.75. The minimum Gasteiger partial charge on any atom is -0.496 e. The summed E-state index contributed by atoms with van der Waals surface area (Å²) in [5, 5.41) is 10.6. The summed E-state index contributed by atoms with van der Waals surface area (Å²) in [5.74, 6) is 0.775. The van der Waals surface area contributed by atoms with Crippen molar-refractivity contribution < 1.29 is 9.66 Å². The van der Waals surface area contributed by atoms with Gasteiger partial charge in [-0.15, -0.1) is 0 Å². The number of benzene rings is 2. The van der Waals surface area contributed by atoms with Crippen molar-refractivity contribution in [3.63, 3.8) is 0 Å². The lowest BCUT2D eigenvalue weighted by molar-refractivity contribution is -0.384. The summed E-state index contributed by atoms with van der Waals surface area (Å²) in [4.78, 5) is 10.2. The number of methoxy groups -OCH3 is 1. The fourth-order valence-electron chi connectivity index (χ4n) is 1.69. The highest BCUT2D eigenvalue weighted by Crippen LogP contribution is 2.26. The van der Waals surface area contributed by atoms with Crippen molar-refractivity contribution in [3.8, 4) is 5.75 Å². The van der Waals surface area contributed by atoms with E-state index in [0.29, 0.717) is 0 Å². The van der Waals surface area contributed by atoms with Crippen LogP contribution in [0.2, 0.25) is 0 Å². The van der Waals surface area contributed by atoms with Gasteiger partial charge in [0, 0.05) is 12.1 Å². The number of nitro benzene ring substituents is 1. The number of nitro groups is 1. The van der Waals surface area contributed by atoms with Gasteiger partial charge in [-0.25, -0.2) is 0 Å². The zero-order valence-electron chi connectivity index (χ0n) is 10.7. The van der Waals surface area contributed by atoms with E-state index in [1.807, 2.05) is 30.4 Å². The predicted molar refractivity (Wildman–Crippen MR) is 82.7 cm³/mol. The van der Waals surface area contributed by atoms with Crippen molar-refractivity contribution in [2.24, 2.45) is 0 Å². The molecule has 2 rings (SSSR count). The standard InChI is InChI=1S/C15H12BrNO3/c1-20-15-9-6-12(10-14(15)16)3-2-11-4-7-13(8-5-11)17(18)19/h2-10H,1H3/b3-2+. The topological polar surface area (TPSA) is 52.4 Å². The summed E-state index contributed by atoms with van der Waals surface area (Å²) in [6.07, 6.45) is 3.84. The van der Waals surface area contributed by atoms with Crippen LogP contribution in [0.1, 0.15) is 11.1 Å². The van der Waals surface area contributed by atoms with Crippen LogP contribution in [0.3, 0.4) is 0 Å². The summed E-state index contributed by atoms with van der Waals surface area (Å²) < 4.78 is 6.04. The molecule has 2 aromatic rings.